The number of anilines is 1. The number of benzene rings is 2. The lowest BCUT2D eigenvalue weighted by Crippen LogP contribution is -2.55. The normalized spacial score (nSPS) is 12.5. The highest BCUT2D eigenvalue weighted by atomic mass is 32.2. The molecule has 2 aromatic rings. The number of sulfonamides is 1. The fourth-order valence-corrected chi connectivity index (χ4v) is 4.26. The third kappa shape index (κ3) is 8.06. The summed E-state index contributed by atoms with van der Waals surface area (Å²) >= 11 is 0. The molecule has 2 aromatic carbocycles. The van der Waals surface area contributed by atoms with E-state index in [9.17, 15) is 18.0 Å². The molecular weight excluding hydrogens is 454 g/mol. The molecular formula is C25H35N3O5S. The smallest absolute Gasteiger partial charge is 0.244 e. The number of amides is 2. The summed E-state index contributed by atoms with van der Waals surface area (Å²) in [6.45, 7) is 7.09. The summed E-state index contributed by atoms with van der Waals surface area (Å²) in [6.07, 6.45) is 1.58. The van der Waals surface area contributed by atoms with Crippen molar-refractivity contribution in [1.29, 1.82) is 0 Å². The van der Waals surface area contributed by atoms with Gasteiger partial charge in [0.2, 0.25) is 21.8 Å². The molecule has 34 heavy (non-hydrogen) atoms. The van der Waals surface area contributed by atoms with Crippen LogP contribution in [0.3, 0.4) is 0 Å². The van der Waals surface area contributed by atoms with E-state index >= 15 is 0 Å². The highest BCUT2D eigenvalue weighted by Gasteiger charge is 2.31. The highest BCUT2D eigenvalue weighted by Crippen LogP contribution is 2.22. The summed E-state index contributed by atoms with van der Waals surface area (Å²) in [5.74, 6) is -0.196. The molecule has 0 saturated carbocycles. The van der Waals surface area contributed by atoms with E-state index in [1.807, 2.05) is 51.1 Å². The first-order valence-electron chi connectivity index (χ1n) is 11.1. The lowest BCUT2D eigenvalue weighted by Gasteiger charge is -2.33. The molecule has 0 aliphatic heterocycles. The maximum Gasteiger partial charge on any atom is 0.244 e. The van der Waals surface area contributed by atoms with Gasteiger partial charge < -0.3 is 15.0 Å². The van der Waals surface area contributed by atoms with E-state index in [0.717, 1.165) is 16.1 Å². The van der Waals surface area contributed by atoms with Gasteiger partial charge >= 0.3 is 0 Å². The van der Waals surface area contributed by atoms with Crippen molar-refractivity contribution in [2.45, 2.75) is 45.7 Å². The summed E-state index contributed by atoms with van der Waals surface area (Å²) in [5.41, 5.74) is 0.881. The van der Waals surface area contributed by atoms with Crippen LogP contribution in [0.1, 0.15) is 33.3 Å². The molecule has 186 valence electrons. The van der Waals surface area contributed by atoms with Crippen molar-refractivity contribution in [3.05, 3.63) is 60.2 Å². The molecule has 1 atom stereocenters. The molecule has 9 heteroatoms. The van der Waals surface area contributed by atoms with Gasteiger partial charge in [-0.2, -0.15) is 0 Å². The van der Waals surface area contributed by atoms with Crippen LogP contribution in [-0.2, 0) is 26.0 Å². The van der Waals surface area contributed by atoms with Gasteiger partial charge in [0.15, 0.2) is 0 Å². The SMILES string of the molecule is COc1ccc(N(CC(=O)N(CCc2ccccc2)[C@@H](C)C(=O)NC(C)(C)C)S(C)(=O)=O)cc1. The number of nitrogens with zero attached hydrogens (tertiary/aromatic N) is 2. The fraction of sp³-hybridized carbons (Fsp3) is 0.440. The van der Waals surface area contributed by atoms with Crippen molar-refractivity contribution in [3.8, 4) is 5.75 Å². The van der Waals surface area contributed by atoms with Crippen LogP contribution in [0, 0.1) is 0 Å². The predicted octanol–water partition coefficient (Wildman–Crippen LogP) is 2.84. The topological polar surface area (TPSA) is 96.0 Å². The van der Waals surface area contributed by atoms with Gasteiger partial charge in [0.1, 0.15) is 18.3 Å². The molecule has 8 nitrogen and oxygen atoms in total. The number of carbonyl (C=O) groups excluding carboxylic acids is 2. The Balaban J connectivity index is 2.31. The van der Waals surface area contributed by atoms with E-state index in [4.69, 9.17) is 4.74 Å². The first kappa shape index (κ1) is 27.2. The Morgan fingerprint density at radius 1 is 1.03 bits per heavy atom. The number of methoxy groups -OCH3 is 1. The van der Waals surface area contributed by atoms with Crippen LogP contribution < -0.4 is 14.4 Å². The summed E-state index contributed by atoms with van der Waals surface area (Å²) in [5, 5.41) is 2.90. The standard InChI is InChI=1S/C25H35N3O5S/c1-19(24(30)26-25(2,3)4)27(17-16-20-10-8-7-9-11-20)23(29)18-28(34(6,31)32)21-12-14-22(33-5)15-13-21/h7-15,19H,16-18H2,1-6H3,(H,26,30)/t19-/m0/s1. The number of ether oxygens (including phenoxy) is 1. The van der Waals surface area contributed by atoms with Crippen molar-refractivity contribution < 1.29 is 22.7 Å². The van der Waals surface area contributed by atoms with Crippen molar-refractivity contribution in [2.24, 2.45) is 0 Å². The van der Waals surface area contributed by atoms with Gasteiger partial charge in [-0.05, 0) is 63.9 Å². The average molecular weight is 490 g/mol. The monoisotopic (exact) mass is 489 g/mol. The Labute approximate surface area is 202 Å². The molecule has 2 rings (SSSR count). The third-order valence-electron chi connectivity index (χ3n) is 5.19. The highest BCUT2D eigenvalue weighted by molar-refractivity contribution is 7.92. The van der Waals surface area contributed by atoms with Gasteiger partial charge in [-0.15, -0.1) is 0 Å². The second kappa shape index (κ2) is 11.4. The molecule has 0 spiro atoms. The third-order valence-corrected chi connectivity index (χ3v) is 6.33. The molecule has 0 bridgehead atoms. The van der Waals surface area contributed by atoms with Crippen LogP contribution >= 0.6 is 0 Å². The first-order chi connectivity index (χ1) is 15.8. The zero-order chi connectivity index (χ0) is 25.5. The average Bonchev–Trinajstić information content (AvgIpc) is 2.76. The van der Waals surface area contributed by atoms with E-state index in [-0.39, 0.29) is 12.5 Å². The Morgan fingerprint density at radius 2 is 1.62 bits per heavy atom. The number of rotatable bonds is 10. The van der Waals surface area contributed by atoms with E-state index in [1.54, 1.807) is 31.2 Å². The zero-order valence-electron chi connectivity index (χ0n) is 20.7. The summed E-state index contributed by atoms with van der Waals surface area (Å²) in [4.78, 5) is 27.8. The summed E-state index contributed by atoms with van der Waals surface area (Å²) in [6, 6.07) is 15.3. The van der Waals surface area contributed by atoms with E-state index in [0.29, 0.717) is 17.9 Å². The predicted molar refractivity (Wildman–Crippen MR) is 134 cm³/mol. The second-order valence-corrected chi connectivity index (χ2v) is 11.1. The van der Waals surface area contributed by atoms with Gasteiger partial charge in [-0.25, -0.2) is 8.42 Å². The lowest BCUT2D eigenvalue weighted by atomic mass is 10.1. The second-order valence-electron chi connectivity index (χ2n) is 9.21. The van der Waals surface area contributed by atoms with Crippen LogP contribution in [0.25, 0.3) is 0 Å². The van der Waals surface area contributed by atoms with Gasteiger partial charge in [0, 0.05) is 12.1 Å². The van der Waals surface area contributed by atoms with Crippen LogP contribution in [0.15, 0.2) is 54.6 Å². The van der Waals surface area contributed by atoms with E-state index in [1.165, 1.54) is 12.0 Å². The van der Waals surface area contributed by atoms with E-state index < -0.39 is 34.1 Å². The van der Waals surface area contributed by atoms with Gasteiger partial charge in [0.05, 0.1) is 19.1 Å². The minimum Gasteiger partial charge on any atom is -0.497 e. The van der Waals surface area contributed by atoms with Crippen LogP contribution in [0.5, 0.6) is 5.75 Å². The zero-order valence-corrected chi connectivity index (χ0v) is 21.6. The molecule has 0 fully saturated rings. The molecule has 1 N–H and O–H groups in total. The van der Waals surface area contributed by atoms with Crippen LogP contribution in [-0.4, -0.2) is 63.2 Å². The number of nitrogens with one attached hydrogen (secondary N) is 1. The largest absolute Gasteiger partial charge is 0.497 e. The van der Waals surface area contributed by atoms with Crippen molar-refractivity contribution in [2.75, 3.05) is 30.8 Å². The van der Waals surface area contributed by atoms with E-state index in [2.05, 4.69) is 5.32 Å². The van der Waals surface area contributed by atoms with Gasteiger partial charge in [0.25, 0.3) is 0 Å². The first-order valence-corrected chi connectivity index (χ1v) is 12.9. The lowest BCUT2D eigenvalue weighted by molar-refractivity contribution is -0.139. The quantitative estimate of drug-likeness (QED) is 0.554. The summed E-state index contributed by atoms with van der Waals surface area (Å²) in [7, 11) is -2.25. The van der Waals surface area contributed by atoms with Crippen LogP contribution in [0.2, 0.25) is 0 Å². The molecule has 0 saturated heterocycles. The molecule has 0 aliphatic carbocycles. The Hall–Kier alpha value is -3.07. The molecule has 0 aromatic heterocycles. The van der Waals surface area contributed by atoms with Crippen LogP contribution in [0.4, 0.5) is 5.69 Å². The Kier molecular flexibility index (Phi) is 9.09. The van der Waals surface area contributed by atoms with Gasteiger partial charge in [-0.3, -0.25) is 13.9 Å². The maximum absolute atomic E-state index is 13.4. The van der Waals surface area contributed by atoms with Crippen molar-refractivity contribution in [1.82, 2.24) is 10.2 Å². The van der Waals surface area contributed by atoms with Crippen molar-refractivity contribution in [3.63, 3.8) is 0 Å². The Morgan fingerprint density at radius 3 is 2.12 bits per heavy atom. The molecule has 0 heterocycles. The van der Waals surface area contributed by atoms with Crippen molar-refractivity contribution >= 4 is 27.5 Å². The molecule has 2 amide bonds. The molecule has 0 aliphatic rings. The number of hydrogen-bond donors (Lipinski definition) is 1. The number of hydrogen-bond acceptors (Lipinski definition) is 5. The molecule has 0 unspecified atom stereocenters. The minimum absolute atomic E-state index is 0.266. The minimum atomic E-state index is -3.76. The number of carbonyl (C=O) groups is 2. The summed E-state index contributed by atoms with van der Waals surface area (Å²) < 4.78 is 31.3. The molecule has 0 radical (unpaired) electrons. The maximum atomic E-state index is 13.4. The Bertz CT molecular complexity index is 1060. The fourth-order valence-electron chi connectivity index (χ4n) is 3.41. The van der Waals surface area contributed by atoms with Gasteiger partial charge in [-0.1, -0.05) is 30.3 Å².